The van der Waals surface area contributed by atoms with E-state index >= 15 is 0 Å². The molecule has 1 aliphatic rings. The number of nitrogens with zero attached hydrogens (tertiary/aromatic N) is 4. The Hall–Kier alpha value is -1.15. The molecule has 1 fully saturated rings. The molecule has 0 amide bonds. The van der Waals surface area contributed by atoms with E-state index in [0.717, 1.165) is 12.8 Å². The molecule has 1 unspecified atom stereocenters. The first kappa shape index (κ1) is 14.3. The van der Waals surface area contributed by atoms with Crippen LogP contribution in [0.1, 0.15) is 38.6 Å². The van der Waals surface area contributed by atoms with E-state index in [1.807, 2.05) is 4.68 Å². The summed E-state index contributed by atoms with van der Waals surface area (Å²) in [5.41, 5.74) is 0. The van der Waals surface area contributed by atoms with Gasteiger partial charge >= 0.3 is 5.97 Å². The number of carboxylic acid groups (broad SMARTS) is 1. The lowest BCUT2D eigenvalue weighted by Crippen LogP contribution is -2.26. The fourth-order valence-electron chi connectivity index (χ4n) is 2.20. The molecule has 106 valence electrons. The summed E-state index contributed by atoms with van der Waals surface area (Å²) >= 11 is 1.34. The molecule has 1 atom stereocenters. The second-order valence-corrected chi connectivity index (χ2v) is 5.42. The summed E-state index contributed by atoms with van der Waals surface area (Å²) in [4.78, 5) is 11.0. The molecule has 0 radical (unpaired) electrons. The van der Waals surface area contributed by atoms with Gasteiger partial charge in [-0.25, -0.2) is 9.48 Å². The van der Waals surface area contributed by atoms with Gasteiger partial charge in [0.1, 0.15) is 0 Å². The predicted molar refractivity (Wildman–Crippen MR) is 69.1 cm³/mol. The number of hydrogen-bond donors (Lipinski definition) is 1. The van der Waals surface area contributed by atoms with Gasteiger partial charge in [0.15, 0.2) is 6.10 Å². The van der Waals surface area contributed by atoms with Crippen molar-refractivity contribution in [1.29, 1.82) is 0 Å². The Morgan fingerprint density at radius 1 is 1.58 bits per heavy atom. The normalized spacial score (nSPS) is 17.7. The van der Waals surface area contributed by atoms with Gasteiger partial charge in [0.25, 0.3) is 0 Å². The maximum atomic E-state index is 11.0. The fourth-order valence-corrected chi connectivity index (χ4v) is 3.15. The van der Waals surface area contributed by atoms with Crippen LogP contribution in [-0.4, -0.2) is 49.7 Å². The number of aliphatic carboxylic acids is 1. The van der Waals surface area contributed by atoms with Crippen LogP contribution in [0.5, 0.6) is 0 Å². The Balaban J connectivity index is 1.95. The molecule has 7 nitrogen and oxygen atoms in total. The Morgan fingerprint density at radius 2 is 2.32 bits per heavy atom. The molecule has 0 bridgehead atoms. The molecule has 1 heterocycles. The first-order valence-corrected chi connectivity index (χ1v) is 7.46. The summed E-state index contributed by atoms with van der Waals surface area (Å²) in [6.45, 7) is 2.16. The van der Waals surface area contributed by atoms with Gasteiger partial charge in [-0.2, -0.15) is 0 Å². The predicted octanol–water partition coefficient (Wildman–Crippen LogP) is 1.37. The number of aromatic nitrogens is 4. The van der Waals surface area contributed by atoms with Crippen molar-refractivity contribution in [3.63, 3.8) is 0 Å². The number of rotatable bonds is 7. The van der Waals surface area contributed by atoms with Crippen LogP contribution in [0.3, 0.4) is 0 Å². The first-order chi connectivity index (χ1) is 9.22. The highest BCUT2D eigenvalue weighted by Gasteiger charge is 2.24. The zero-order valence-corrected chi connectivity index (χ0v) is 11.7. The average Bonchev–Trinajstić information content (AvgIpc) is 3.03. The van der Waals surface area contributed by atoms with Crippen molar-refractivity contribution in [3.05, 3.63) is 0 Å². The molecule has 1 aliphatic carbocycles. The molecule has 1 aromatic heterocycles. The quantitative estimate of drug-likeness (QED) is 0.757. The number of hydrogen-bond acceptors (Lipinski definition) is 6. The van der Waals surface area contributed by atoms with E-state index in [2.05, 4.69) is 15.5 Å². The minimum Gasteiger partial charge on any atom is -0.479 e. The highest BCUT2D eigenvalue weighted by molar-refractivity contribution is 7.99. The first-order valence-electron chi connectivity index (χ1n) is 6.47. The molecule has 19 heavy (non-hydrogen) atoms. The van der Waals surface area contributed by atoms with Crippen molar-refractivity contribution >= 4 is 17.7 Å². The summed E-state index contributed by atoms with van der Waals surface area (Å²) in [6, 6.07) is 0.355. The van der Waals surface area contributed by atoms with Gasteiger partial charge in [0.2, 0.25) is 5.16 Å². The zero-order valence-electron chi connectivity index (χ0n) is 10.9. The molecule has 1 saturated carbocycles. The van der Waals surface area contributed by atoms with Crippen molar-refractivity contribution < 1.29 is 14.6 Å². The van der Waals surface area contributed by atoms with Crippen LogP contribution in [0.4, 0.5) is 0 Å². The van der Waals surface area contributed by atoms with Crippen molar-refractivity contribution in [3.8, 4) is 0 Å². The molecule has 1 N–H and O–H groups in total. The lowest BCUT2D eigenvalue weighted by atomic mass is 10.3. The summed E-state index contributed by atoms with van der Waals surface area (Å²) in [6.07, 6.45) is 3.76. The number of ether oxygens (including phenoxy) is 1. The molecule has 8 heteroatoms. The monoisotopic (exact) mass is 286 g/mol. The average molecular weight is 286 g/mol. The van der Waals surface area contributed by atoms with E-state index < -0.39 is 12.1 Å². The second-order valence-electron chi connectivity index (χ2n) is 4.44. The minimum atomic E-state index is -0.950. The second kappa shape index (κ2) is 6.85. The zero-order chi connectivity index (χ0) is 13.7. The van der Waals surface area contributed by atoms with Crippen LogP contribution < -0.4 is 0 Å². The van der Waals surface area contributed by atoms with Gasteiger partial charge in [0, 0.05) is 12.4 Å². The maximum Gasteiger partial charge on any atom is 0.333 e. The molecule has 0 aliphatic heterocycles. The Labute approximate surface area is 115 Å². The largest absolute Gasteiger partial charge is 0.479 e. The number of carbonyl (C=O) groups is 1. The minimum absolute atomic E-state index is 0.316. The molecule has 2 rings (SSSR count). The van der Waals surface area contributed by atoms with Crippen LogP contribution in [0, 0.1) is 0 Å². The maximum absolute atomic E-state index is 11.0. The van der Waals surface area contributed by atoms with E-state index in [1.54, 1.807) is 6.92 Å². The van der Waals surface area contributed by atoms with Gasteiger partial charge in [-0.1, -0.05) is 24.6 Å². The summed E-state index contributed by atoms with van der Waals surface area (Å²) in [5, 5.41) is 21.4. The van der Waals surface area contributed by atoms with E-state index in [-0.39, 0.29) is 0 Å². The highest BCUT2D eigenvalue weighted by atomic mass is 32.2. The summed E-state index contributed by atoms with van der Waals surface area (Å²) in [5.74, 6) is -0.634. The summed E-state index contributed by atoms with van der Waals surface area (Å²) < 4.78 is 6.99. The lowest BCUT2D eigenvalue weighted by Gasteiger charge is -2.13. The number of carboxylic acids is 1. The van der Waals surface area contributed by atoms with Crippen LogP contribution in [0.2, 0.25) is 0 Å². The molecular weight excluding hydrogens is 268 g/mol. The third-order valence-electron chi connectivity index (χ3n) is 3.14. The van der Waals surface area contributed by atoms with Crippen molar-refractivity contribution in [1.82, 2.24) is 20.2 Å². The van der Waals surface area contributed by atoms with Crippen LogP contribution >= 0.6 is 11.8 Å². The number of thioether (sulfide) groups is 1. The van der Waals surface area contributed by atoms with Crippen molar-refractivity contribution in [2.75, 3.05) is 12.4 Å². The SMILES string of the molecule is CCOC(CSc1nnnn1C1CCCC1)C(=O)O. The molecular formula is C11H18N4O3S. The third-order valence-corrected chi connectivity index (χ3v) is 4.14. The van der Waals surface area contributed by atoms with Crippen molar-refractivity contribution in [2.24, 2.45) is 0 Å². The van der Waals surface area contributed by atoms with Gasteiger partial charge in [-0.3, -0.25) is 0 Å². The Bertz CT molecular complexity index is 420. The molecule has 1 aromatic rings. The Kier molecular flexibility index (Phi) is 5.15. The van der Waals surface area contributed by atoms with Crippen molar-refractivity contribution in [2.45, 2.75) is 49.9 Å². The summed E-state index contributed by atoms with van der Waals surface area (Å²) in [7, 11) is 0. The third kappa shape index (κ3) is 3.66. The van der Waals surface area contributed by atoms with E-state index in [1.165, 1.54) is 24.6 Å². The standard InChI is InChI=1S/C11H18N4O3S/c1-2-18-9(10(16)17)7-19-11-12-13-14-15(11)8-5-3-4-6-8/h8-9H,2-7H2,1H3,(H,16,17). The van der Waals surface area contributed by atoms with Crippen LogP contribution in [-0.2, 0) is 9.53 Å². The van der Waals surface area contributed by atoms with Gasteiger partial charge in [0.05, 0.1) is 6.04 Å². The number of tetrazole rings is 1. The molecule has 0 aromatic carbocycles. The van der Waals surface area contributed by atoms with Gasteiger partial charge in [-0.05, 0) is 30.2 Å². The van der Waals surface area contributed by atoms with Gasteiger partial charge in [-0.15, -0.1) is 5.10 Å². The fraction of sp³-hybridized carbons (Fsp3) is 0.818. The topological polar surface area (TPSA) is 90.1 Å². The van der Waals surface area contributed by atoms with E-state index in [0.29, 0.717) is 23.6 Å². The van der Waals surface area contributed by atoms with Crippen LogP contribution in [0.15, 0.2) is 5.16 Å². The molecule has 0 spiro atoms. The highest BCUT2D eigenvalue weighted by Crippen LogP contribution is 2.31. The lowest BCUT2D eigenvalue weighted by molar-refractivity contribution is -0.148. The smallest absolute Gasteiger partial charge is 0.333 e. The van der Waals surface area contributed by atoms with Gasteiger partial charge < -0.3 is 9.84 Å². The van der Waals surface area contributed by atoms with E-state index in [4.69, 9.17) is 9.84 Å². The van der Waals surface area contributed by atoms with E-state index in [9.17, 15) is 4.79 Å². The Morgan fingerprint density at radius 3 is 2.95 bits per heavy atom. The van der Waals surface area contributed by atoms with Crippen LogP contribution in [0.25, 0.3) is 0 Å². The molecule has 0 saturated heterocycles.